The molecule has 0 unspecified atom stereocenters. The largest absolute Gasteiger partial charge is 0.433 e. The third kappa shape index (κ3) is 3.27. The summed E-state index contributed by atoms with van der Waals surface area (Å²) in [5, 5.41) is 11.7. The van der Waals surface area contributed by atoms with Gasteiger partial charge in [-0.2, -0.15) is 18.4 Å². The van der Waals surface area contributed by atoms with Crippen molar-refractivity contribution < 1.29 is 13.2 Å². The van der Waals surface area contributed by atoms with Crippen LogP contribution in [0.25, 0.3) is 0 Å². The van der Waals surface area contributed by atoms with Gasteiger partial charge in [-0.15, -0.1) is 0 Å². The summed E-state index contributed by atoms with van der Waals surface area (Å²) >= 11 is 3.23. The molecule has 1 aromatic heterocycles. The van der Waals surface area contributed by atoms with Crippen molar-refractivity contribution >= 4 is 27.3 Å². The highest BCUT2D eigenvalue weighted by molar-refractivity contribution is 9.10. The number of nitriles is 1. The van der Waals surface area contributed by atoms with Crippen LogP contribution in [0, 0.1) is 11.3 Å². The molecule has 1 aromatic carbocycles. The molecule has 2 rings (SSSR count). The first-order chi connectivity index (χ1) is 9.40. The lowest BCUT2D eigenvalue weighted by Crippen LogP contribution is -2.07. The predicted octanol–water partition coefficient (Wildman–Crippen LogP) is 4.48. The summed E-state index contributed by atoms with van der Waals surface area (Å²) in [6, 6.07) is 9.11. The zero-order valence-corrected chi connectivity index (χ0v) is 11.5. The van der Waals surface area contributed by atoms with Gasteiger partial charge < -0.3 is 5.32 Å². The number of nitrogens with zero attached hydrogens (tertiary/aromatic N) is 2. The summed E-state index contributed by atoms with van der Waals surface area (Å²) in [5.41, 5.74) is 0.595. The predicted molar refractivity (Wildman–Crippen MR) is 71.4 cm³/mol. The van der Waals surface area contributed by atoms with E-state index >= 15 is 0 Å². The van der Waals surface area contributed by atoms with Gasteiger partial charge in [-0.05, 0) is 46.3 Å². The van der Waals surface area contributed by atoms with Gasteiger partial charge in [0.15, 0.2) is 0 Å². The Kier molecular flexibility index (Phi) is 3.95. The second-order valence-electron chi connectivity index (χ2n) is 3.86. The molecule has 0 saturated heterocycles. The van der Waals surface area contributed by atoms with Crippen LogP contribution in [-0.2, 0) is 6.18 Å². The fourth-order valence-corrected chi connectivity index (χ4v) is 1.95. The van der Waals surface area contributed by atoms with Crippen molar-refractivity contribution in [2.45, 2.75) is 6.18 Å². The van der Waals surface area contributed by atoms with Crippen LogP contribution in [0.3, 0.4) is 0 Å². The Labute approximate surface area is 121 Å². The molecule has 0 amide bonds. The number of hydrogen-bond donors (Lipinski definition) is 1. The van der Waals surface area contributed by atoms with E-state index in [0.717, 1.165) is 12.3 Å². The van der Waals surface area contributed by atoms with Gasteiger partial charge in [-0.1, -0.05) is 0 Å². The van der Waals surface area contributed by atoms with Gasteiger partial charge >= 0.3 is 6.18 Å². The van der Waals surface area contributed by atoms with Crippen LogP contribution in [0.4, 0.5) is 24.5 Å². The molecule has 1 N–H and O–H groups in total. The molecule has 0 saturated carbocycles. The van der Waals surface area contributed by atoms with Crippen molar-refractivity contribution in [3.8, 4) is 6.07 Å². The molecule has 0 atom stereocenters. The number of hydrogen-bond acceptors (Lipinski definition) is 3. The lowest BCUT2D eigenvalue weighted by molar-refractivity contribution is -0.141. The molecule has 1 heterocycles. The van der Waals surface area contributed by atoms with Crippen LogP contribution in [0.1, 0.15) is 11.3 Å². The van der Waals surface area contributed by atoms with E-state index in [2.05, 4.69) is 26.2 Å². The van der Waals surface area contributed by atoms with Gasteiger partial charge in [0.2, 0.25) is 0 Å². The van der Waals surface area contributed by atoms with E-state index in [1.165, 1.54) is 6.07 Å². The Morgan fingerprint density at radius 3 is 2.35 bits per heavy atom. The summed E-state index contributed by atoms with van der Waals surface area (Å²) in [7, 11) is 0. The lowest BCUT2D eigenvalue weighted by atomic mass is 10.2. The average Bonchev–Trinajstić information content (AvgIpc) is 2.38. The highest BCUT2D eigenvalue weighted by Gasteiger charge is 2.31. The number of alkyl halides is 3. The van der Waals surface area contributed by atoms with Crippen LogP contribution in [0.2, 0.25) is 0 Å². The number of anilines is 2. The number of nitrogens with one attached hydrogen (secondary N) is 1. The number of benzene rings is 1. The zero-order chi connectivity index (χ0) is 14.8. The van der Waals surface area contributed by atoms with E-state index in [1.54, 1.807) is 18.2 Å². The Balaban J connectivity index is 2.19. The molecule has 3 nitrogen and oxygen atoms in total. The standard InChI is InChI=1S/C13H7BrF3N3/c14-11-5-9(2-1-8(11)6-18)20-10-3-4-12(19-7-10)13(15,16)17/h1-5,7,20H. The molecule has 0 radical (unpaired) electrons. The van der Waals surface area contributed by atoms with Gasteiger partial charge in [0.1, 0.15) is 11.8 Å². The Hall–Kier alpha value is -2.07. The van der Waals surface area contributed by atoms with Crippen LogP contribution in [0.5, 0.6) is 0 Å². The van der Waals surface area contributed by atoms with Gasteiger partial charge in [-0.3, -0.25) is 0 Å². The van der Waals surface area contributed by atoms with Crippen LogP contribution < -0.4 is 5.32 Å². The summed E-state index contributed by atoms with van der Waals surface area (Å²) in [5.74, 6) is 0. The normalized spacial score (nSPS) is 10.9. The maximum atomic E-state index is 12.4. The topological polar surface area (TPSA) is 48.7 Å². The van der Waals surface area contributed by atoms with Crippen LogP contribution in [-0.4, -0.2) is 4.98 Å². The van der Waals surface area contributed by atoms with E-state index in [0.29, 0.717) is 21.4 Å². The third-order valence-corrected chi connectivity index (χ3v) is 3.09. The second-order valence-corrected chi connectivity index (χ2v) is 4.72. The van der Waals surface area contributed by atoms with E-state index < -0.39 is 11.9 Å². The molecule has 0 aliphatic rings. The molecule has 2 aromatic rings. The first-order valence-corrected chi connectivity index (χ1v) is 6.19. The number of rotatable bonds is 2. The van der Waals surface area contributed by atoms with Crippen molar-refractivity contribution in [3.63, 3.8) is 0 Å². The first-order valence-electron chi connectivity index (χ1n) is 5.40. The number of pyridine rings is 1. The average molecular weight is 342 g/mol. The fraction of sp³-hybridized carbons (Fsp3) is 0.0769. The van der Waals surface area contributed by atoms with Crippen molar-refractivity contribution in [2.75, 3.05) is 5.32 Å². The van der Waals surface area contributed by atoms with Crippen molar-refractivity contribution in [1.82, 2.24) is 4.98 Å². The summed E-state index contributed by atoms with van der Waals surface area (Å²) in [6.07, 6.45) is -3.34. The smallest absolute Gasteiger partial charge is 0.354 e. The quantitative estimate of drug-likeness (QED) is 0.876. The minimum Gasteiger partial charge on any atom is -0.354 e. The molecule has 0 aliphatic heterocycles. The molecule has 7 heteroatoms. The second kappa shape index (κ2) is 5.51. The van der Waals surface area contributed by atoms with E-state index in [4.69, 9.17) is 5.26 Å². The molecule has 0 spiro atoms. The van der Waals surface area contributed by atoms with Gasteiger partial charge in [0.25, 0.3) is 0 Å². The summed E-state index contributed by atoms with van der Waals surface area (Å²) in [6.45, 7) is 0. The third-order valence-electron chi connectivity index (χ3n) is 2.43. The maximum Gasteiger partial charge on any atom is 0.433 e. The number of halogens is 4. The van der Waals surface area contributed by atoms with Crippen LogP contribution >= 0.6 is 15.9 Å². The fourth-order valence-electron chi connectivity index (χ4n) is 1.49. The molecular weight excluding hydrogens is 335 g/mol. The Morgan fingerprint density at radius 1 is 1.15 bits per heavy atom. The maximum absolute atomic E-state index is 12.4. The SMILES string of the molecule is N#Cc1ccc(Nc2ccc(C(F)(F)F)nc2)cc1Br. The lowest BCUT2D eigenvalue weighted by Gasteiger charge is -2.09. The molecule has 20 heavy (non-hydrogen) atoms. The summed E-state index contributed by atoms with van der Waals surface area (Å²) in [4.78, 5) is 3.35. The first kappa shape index (κ1) is 14.3. The molecule has 0 bridgehead atoms. The van der Waals surface area contributed by atoms with Crippen LogP contribution in [0.15, 0.2) is 41.0 Å². The Bertz CT molecular complexity index is 660. The zero-order valence-electron chi connectivity index (χ0n) is 9.87. The van der Waals surface area contributed by atoms with E-state index in [9.17, 15) is 13.2 Å². The Morgan fingerprint density at radius 2 is 1.85 bits per heavy atom. The van der Waals surface area contributed by atoms with Gasteiger partial charge in [0, 0.05) is 10.2 Å². The molecular formula is C13H7BrF3N3. The minimum atomic E-state index is -4.45. The van der Waals surface area contributed by atoms with Crippen molar-refractivity contribution in [1.29, 1.82) is 5.26 Å². The van der Waals surface area contributed by atoms with Gasteiger partial charge in [0.05, 0.1) is 17.4 Å². The number of aromatic nitrogens is 1. The van der Waals surface area contributed by atoms with Crippen molar-refractivity contribution in [3.05, 3.63) is 52.3 Å². The highest BCUT2D eigenvalue weighted by Crippen LogP contribution is 2.29. The van der Waals surface area contributed by atoms with Crippen molar-refractivity contribution in [2.24, 2.45) is 0 Å². The van der Waals surface area contributed by atoms with Gasteiger partial charge in [-0.25, -0.2) is 4.98 Å². The summed E-state index contributed by atoms with van der Waals surface area (Å²) < 4.78 is 37.7. The highest BCUT2D eigenvalue weighted by atomic mass is 79.9. The monoisotopic (exact) mass is 341 g/mol. The molecule has 0 fully saturated rings. The van der Waals surface area contributed by atoms with E-state index in [1.807, 2.05) is 6.07 Å². The minimum absolute atomic E-state index is 0.426. The molecule has 102 valence electrons. The van der Waals surface area contributed by atoms with E-state index in [-0.39, 0.29) is 0 Å². The molecule has 0 aliphatic carbocycles.